The Balaban J connectivity index is 4.27. The highest BCUT2D eigenvalue weighted by molar-refractivity contribution is 7.45. The number of phosphoric ester groups is 1. The molecule has 0 saturated heterocycles. The van der Waals surface area contributed by atoms with Crippen LogP contribution in [0.3, 0.4) is 0 Å². The van der Waals surface area contributed by atoms with E-state index < -0.39 is 39.2 Å². The molecule has 1 N–H and O–H groups in total. The fourth-order valence-corrected chi connectivity index (χ4v) is 7.45. The second-order valence-corrected chi connectivity index (χ2v) is 17.6. The number of phosphoric acid groups is 1. The number of esters is 1. The molecule has 3 atom stereocenters. The van der Waals surface area contributed by atoms with Gasteiger partial charge in [0.1, 0.15) is 12.6 Å². The van der Waals surface area contributed by atoms with E-state index in [4.69, 9.17) is 13.8 Å². The van der Waals surface area contributed by atoms with Crippen molar-refractivity contribution in [2.75, 3.05) is 40.9 Å². The highest BCUT2D eigenvalue weighted by Crippen LogP contribution is 2.41. The van der Waals surface area contributed by atoms with Gasteiger partial charge in [-0.1, -0.05) is 181 Å². The quantitative estimate of drug-likeness (QED) is 0.0283. The van der Waals surface area contributed by atoms with Crippen molar-refractivity contribution in [3.05, 3.63) is 0 Å². The summed E-state index contributed by atoms with van der Waals surface area (Å²) in [6, 6.07) is 0. The molecule has 0 aliphatic carbocycles. The Morgan fingerprint density at radius 2 is 0.942 bits per heavy atom. The smallest absolute Gasteiger partial charge is 0.306 e. The van der Waals surface area contributed by atoms with Crippen LogP contribution in [0.15, 0.2) is 0 Å². The van der Waals surface area contributed by atoms with E-state index in [-0.39, 0.29) is 25.2 Å². The normalized spacial score (nSPS) is 14.3. The minimum absolute atomic E-state index is 0.171. The van der Waals surface area contributed by atoms with Crippen LogP contribution in [0.1, 0.15) is 206 Å². The first-order valence-corrected chi connectivity index (χ1v) is 23.2. The number of unbranched alkanes of at least 4 members (excludes halogenated alkanes) is 26. The molecule has 0 aromatic rings. The van der Waals surface area contributed by atoms with Gasteiger partial charge in [0, 0.05) is 12.8 Å². The summed E-state index contributed by atoms with van der Waals surface area (Å²) in [7, 11) is 0.694. The van der Waals surface area contributed by atoms with Gasteiger partial charge >= 0.3 is 5.97 Å². The third-order valence-corrected chi connectivity index (χ3v) is 10.7. The van der Waals surface area contributed by atoms with Crippen LogP contribution in [-0.2, 0) is 27.9 Å². The fourth-order valence-electron chi connectivity index (χ4n) is 6.54. The summed E-state index contributed by atoms with van der Waals surface area (Å²) in [5, 5.41) is 9.70. The molecule has 0 aromatic heterocycles. The maximum atomic E-state index is 13.1. The molecular formula is C42H84NO8P. The van der Waals surface area contributed by atoms with Gasteiger partial charge in [-0.15, -0.1) is 0 Å². The van der Waals surface area contributed by atoms with Crippen molar-refractivity contribution in [3.8, 4) is 0 Å². The first-order chi connectivity index (χ1) is 24.9. The van der Waals surface area contributed by atoms with E-state index in [2.05, 4.69) is 13.8 Å². The van der Waals surface area contributed by atoms with Crippen molar-refractivity contribution in [2.45, 2.75) is 219 Å². The topological polar surface area (TPSA) is 122 Å². The van der Waals surface area contributed by atoms with Crippen LogP contribution < -0.4 is 4.89 Å². The fraction of sp³-hybridized carbons (Fsp3) is 0.952. The Morgan fingerprint density at radius 3 is 1.29 bits per heavy atom. The molecule has 0 aromatic carbocycles. The molecule has 10 heteroatoms. The zero-order chi connectivity index (χ0) is 38.8. The van der Waals surface area contributed by atoms with Gasteiger partial charge in [0.25, 0.3) is 7.82 Å². The molecule has 9 nitrogen and oxygen atoms in total. The minimum Gasteiger partial charge on any atom is -0.756 e. The molecule has 2 unspecified atom stereocenters. The lowest BCUT2D eigenvalue weighted by atomic mass is 10.0. The summed E-state index contributed by atoms with van der Waals surface area (Å²) in [5.74, 6) is -0.751. The highest BCUT2D eigenvalue weighted by atomic mass is 31.2. The number of aliphatic hydroxyl groups excluding tert-OH is 1. The van der Waals surface area contributed by atoms with Gasteiger partial charge in [-0.05, 0) is 12.8 Å². The second kappa shape index (κ2) is 34.6. The van der Waals surface area contributed by atoms with Gasteiger partial charge in [0.2, 0.25) is 0 Å². The van der Waals surface area contributed by atoms with Crippen molar-refractivity contribution >= 4 is 19.6 Å². The SMILES string of the molecule is CCCCCCCCCCCCCCCCCC(=O)C(C[N+](C)(C)C)OP(=O)([O-])OC[C@@H](CO)OC(=O)CCCCCCCCCCCCCCC. The molecule has 0 aliphatic rings. The standard InChI is InChI=1S/C42H84NO8P/c1-6-8-10-12-14-16-18-20-21-23-24-26-28-30-32-34-40(45)41(36-43(3,4)5)51-52(47,48)49-38-39(37-44)50-42(46)35-33-31-29-27-25-22-19-17-15-13-11-9-7-2/h39,41,44H,6-38H2,1-5H3/t39-,41?/m1/s1. The van der Waals surface area contributed by atoms with Gasteiger partial charge in [-0.2, -0.15) is 0 Å². The van der Waals surface area contributed by atoms with E-state index in [9.17, 15) is 24.2 Å². The van der Waals surface area contributed by atoms with Gasteiger partial charge in [-0.3, -0.25) is 14.2 Å². The highest BCUT2D eigenvalue weighted by Gasteiger charge is 2.30. The predicted molar refractivity (Wildman–Crippen MR) is 213 cm³/mol. The van der Waals surface area contributed by atoms with Crippen molar-refractivity contribution < 1.29 is 42.4 Å². The average Bonchev–Trinajstić information content (AvgIpc) is 3.09. The molecule has 0 spiro atoms. The molecule has 0 bridgehead atoms. The van der Waals surface area contributed by atoms with Crippen molar-refractivity contribution in [1.29, 1.82) is 0 Å². The molecule has 0 rings (SSSR count). The summed E-state index contributed by atoms with van der Waals surface area (Å²) in [6.45, 7) is 3.53. The number of carbonyl (C=O) groups is 2. The molecule has 52 heavy (non-hydrogen) atoms. The Labute approximate surface area is 320 Å². The summed E-state index contributed by atoms with van der Waals surface area (Å²) < 4.78 is 28.7. The molecular weight excluding hydrogens is 677 g/mol. The van der Waals surface area contributed by atoms with Crippen LogP contribution in [0.25, 0.3) is 0 Å². The van der Waals surface area contributed by atoms with E-state index in [1.54, 1.807) is 0 Å². The Bertz CT molecular complexity index is 881. The third kappa shape index (κ3) is 34.9. The number of nitrogens with zero attached hydrogens (tertiary/aromatic N) is 1. The lowest BCUT2D eigenvalue weighted by molar-refractivity contribution is -0.872. The van der Waals surface area contributed by atoms with Gasteiger partial charge in [0.15, 0.2) is 11.9 Å². The van der Waals surface area contributed by atoms with Gasteiger partial charge in [0.05, 0.1) is 34.4 Å². The predicted octanol–water partition coefficient (Wildman–Crippen LogP) is 10.8. The summed E-state index contributed by atoms with van der Waals surface area (Å²) in [6.07, 6.45) is 32.3. The lowest BCUT2D eigenvalue weighted by Gasteiger charge is -2.32. The monoisotopic (exact) mass is 762 g/mol. The number of ketones is 1. The molecule has 0 heterocycles. The maximum absolute atomic E-state index is 13.1. The zero-order valence-electron chi connectivity index (χ0n) is 34.7. The maximum Gasteiger partial charge on any atom is 0.306 e. The molecule has 0 saturated carbocycles. The first-order valence-electron chi connectivity index (χ1n) is 21.7. The molecule has 0 amide bonds. The summed E-state index contributed by atoms with van der Waals surface area (Å²) in [4.78, 5) is 38.2. The van der Waals surface area contributed by atoms with Crippen LogP contribution in [0.5, 0.6) is 0 Å². The number of rotatable bonds is 40. The van der Waals surface area contributed by atoms with E-state index >= 15 is 0 Å². The summed E-state index contributed by atoms with van der Waals surface area (Å²) in [5.41, 5.74) is 0. The number of quaternary nitrogens is 1. The minimum atomic E-state index is -4.91. The molecule has 0 radical (unpaired) electrons. The molecule has 0 aliphatic heterocycles. The number of hydrogen-bond acceptors (Lipinski definition) is 8. The van der Waals surface area contributed by atoms with E-state index in [1.807, 2.05) is 21.1 Å². The summed E-state index contributed by atoms with van der Waals surface area (Å²) >= 11 is 0. The molecule has 310 valence electrons. The van der Waals surface area contributed by atoms with Crippen LogP contribution in [0.4, 0.5) is 0 Å². The van der Waals surface area contributed by atoms with Crippen LogP contribution >= 0.6 is 7.82 Å². The number of carbonyl (C=O) groups excluding carboxylic acids is 2. The average molecular weight is 762 g/mol. The Morgan fingerprint density at radius 1 is 0.596 bits per heavy atom. The molecule has 0 fully saturated rings. The van der Waals surface area contributed by atoms with E-state index in [0.29, 0.717) is 17.3 Å². The van der Waals surface area contributed by atoms with Crippen LogP contribution in [0, 0.1) is 0 Å². The second-order valence-electron chi connectivity index (χ2n) is 16.3. The van der Waals surface area contributed by atoms with E-state index in [0.717, 1.165) is 38.5 Å². The Hall–Kier alpha value is -0.830. The largest absolute Gasteiger partial charge is 0.756 e. The number of ether oxygens (including phenoxy) is 1. The van der Waals surface area contributed by atoms with Gasteiger partial charge < -0.3 is 28.3 Å². The number of aliphatic hydroxyl groups is 1. The van der Waals surface area contributed by atoms with E-state index in [1.165, 1.54) is 128 Å². The number of hydrogen-bond donors (Lipinski definition) is 1. The third-order valence-electron chi connectivity index (χ3n) is 9.76. The van der Waals surface area contributed by atoms with Crippen molar-refractivity contribution in [3.63, 3.8) is 0 Å². The first kappa shape index (κ1) is 51.2. The lowest BCUT2D eigenvalue weighted by Crippen LogP contribution is -2.45. The number of Topliss-reactive ketones (excluding diaryl/α,β-unsaturated/α-hetero) is 1. The zero-order valence-corrected chi connectivity index (χ0v) is 35.6. The van der Waals surface area contributed by atoms with Crippen molar-refractivity contribution in [2.24, 2.45) is 0 Å². The number of likely N-dealkylation sites (N-methyl/N-ethyl adjacent to an activating group) is 1. The van der Waals surface area contributed by atoms with Crippen LogP contribution in [-0.4, -0.2) is 74.5 Å². The van der Waals surface area contributed by atoms with Crippen molar-refractivity contribution in [1.82, 2.24) is 0 Å². The Kier molecular flexibility index (Phi) is 34.1. The van der Waals surface area contributed by atoms with Crippen LogP contribution in [0.2, 0.25) is 0 Å². The van der Waals surface area contributed by atoms with Gasteiger partial charge in [-0.25, -0.2) is 0 Å².